The Labute approximate surface area is 208 Å². The van der Waals surface area contributed by atoms with Crippen molar-refractivity contribution in [3.8, 4) is 0 Å². The van der Waals surface area contributed by atoms with Crippen LogP contribution in [0.25, 0.3) is 10.9 Å². The zero-order chi connectivity index (χ0) is 25.2. The number of sulfonamides is 1. The van der Waals surface area contributed by atoms with E-state index in [1.807, 2.05) is 6.20 Å². The number of aromatic amines is 1. The fourth-order valence-corrected chi connectivity index (χ4v) is 6.59. The number of hydrogen-bond acceptors (Lipinski definition) is 4. The number of likely N-dealkylation sites (tertiary alicyclic amines) is 1. The Kier molecular flexibility index (Phi) is 7.88. The lowest BCUT2D eigenvalue weighted by molar-refractivity contribution is -0.122. The number of benzene rings is 1. The van der Waals surface area contributed by atoms with Crippen molar-refractivity contribution in [1.82, 2.24) is 19.9 Å². The molecule has 1 aromatic heterocycles. The summed E-state index contributed by atoms with van der Waals surface area (Å²) in [6.45, 7) is 9.20. The number of rotatable bonds is 10. The van der Waals surface area contributed by atoms with Crippen molar-refractivity contribution < 1.29 is 17.6 Å². The molecule has 1 saturated carbocycles. The van der Waals surface area contributed by atoms with Gasteiger partial charge in [0.25, 0.3) is 0 Å². The SMILES string of the molecule is CC(C)(C)C(CN1CCC(CC(=O)NCCc2c[nH]c3ccc(F)cc23)CC1)NS(=O)(=O)C1CC1. The number of aromatic nitrogens is 1. The van der Waals surface area contributed by atoms with E-state index in [-0.39, 0.29) is 28.4 Å². The summed E-state index contributed by atoms with van der Waals surface area (Å²) in [6.07, 6.45) is 6.43. The molecule has 7 nitrogen and oxygen atoms in total. The van der Waals surface area contributed by atoms with Crippen molar-refractivity contribution in [1.29, 1.82) is 0 Å². The van der Waals surface area contributed by atoms with E-state index >= 15 is 0 Å². The average Bonchev–Trinajstić information content (AvgIpc) is 3.57. The summed E-state index contributed by atoms with van der Waals surface area (Å²) in [5.74, 6) is 0.131. The minimum atomic E-state index is -3.24. The third-order valence-electron chi connectivity index (χ3n) is 7.38. The van der Waals surface area contributed by atoms with Crippen LogP contribution >= 0.6 is 0 Å². The van der Waals surface area contributed by atoms with Gasteiger partial charge in [0.15, 0.2) is 0 Å². The van der Waals surface area contributed by atoms with Gasteiger partial charge >= 0.3 is 0 Å². The number of carbonyl (C=O) groups is 1. The molecule has 1 unspecified atom stereocenters. The van der Waals surface area contributed by atoms with Crippen molar-refractivity contribution in [3.05, 3.63) is 35.8 Å². The maximum atomic E-state index is 13.6. The molecule has 1 saturated heterocycles. The van der Waals surface area contributed by atoms with Crippen LogP contribution in [0.5, 0.6) is 0 Å². The molecule has 3 N–H and O–H groups in total. The van der Waals surface area contributed by atoms with Gasteiger partial charge in [-0.05, 0) is 80.3 Å². The molecule has 9 heteroatoms. The van der Waals surface area contributed by atoms with E-state index in [2.05, 4.69) is 40.7 Å². The van der Waals surface area contributed by atoms with Crippen molar-refractivity contribution in [2.45, 2.75) is 70.6 Å². The summed E-state index contributed by atoms with van der Waals surface area (Å²) in [5.41, 5.74) is 1.72. The molecule has 1 aromatic carbocycles. The van der Waals surface area contributed by atoms with Gasteiger partial charge in [-0.15, -0.1) is 0 Å². The molecular formula is C26H39FN4O3S. The topological polar surface area (TPSA) is 94.3 Å². The number of amides is 1. The molecule has 1 amide bonds. The van der Waals surface area contributed by atoms with Gasteiger partial charge in [-0.1, -0.05) is 20.8 Å². The first-order valence-corrected chi connectivity index (χ1v) is 14.3. The molecule has 2 aliphatic rings. The molecule has 0 bridgehead atoms. The zero-order valence-electron chi connectivity index (χ0n) is 21.1. The van der Waals surface area contributed by atoms with E-state index in [1.165, 1.54) is 12.1 Å². The minimum Gasteiger partial charge on any atom is -0.361 e. The van der Waals surface area contributed by atoms with Crippen molar-refractivity contribution in [2.75, 3.05) is 26.2 Å². The summed E-state index contributed by atoms with van der Waals surface area (Å²) in [7, 11) is -3.24. The lowest BCUT2D eigenvalue weighted by Gasteiger charge is -2.38. The highest BCUT2D eigenvalue weighted by molar-refractivity contribution is 7.90. The fourth-order valence-electron chi connectivity index (χ4n) is 4.82. The molecule has 1 atom stereocenters. The first kappa shape index (κ1) is 26.1. The summed E-state index contributed by atoms with van der Waals surface area (Å²) in [6, 6.07) is 4.56. The highest BCUT2D eigenvalue weighted by atomic mass is 32.2. The second-order valence-corrected chi connectivity index (χ2v) is 13.3. The van der Waals surface area contributed by atoms with E-state index in [9.17, 15) is 17.6 Å². The van der Waals surface area contributed by atoms with Crippen LogP contribution in [0, 0.1) is 17.2 Å². The Morgan fingerprint density at radius 3 is 2.57 bits per heavy atom. The van der Waals surface area contributed by atoms with E-state index in [1.54, 1.807) is 6.07 Å². The summed E-state index contributed by atoms with van der Waals surface area (Å²) in [5, 5.41) is 3.66. The molecule has 1 aliphatic carbocycles. The Bertz CT molecular complexity index is 1130. The number of piperidine rings is 1. The molecule has 0 radical (unpaired) electrons. The summed E-state index contributed by atoms with van der Waals surface area (Å²) in [4.78, 5) is 18.0. The first-order valence-electron chi connectivity index (χ1n) is 12.8. The maximum absolute atomic E-state index is 13.6. The minimum absolute atomic E-state index is 0.0548. The van der Waals surface area contributed by atoms with Crippen molar-refractivity contribution in [2.24, 2.45) is 11.3 Å². The van der Waals surface area contributed by atoms with Crippen LogP contribution in [-0.4, -0.2) is 61.7 Å². The molecule has 2 heterocycles. The molecule has 194 valence electrons. The largest absolute Gasteiger partial charge is 0.361 e. The third kappa shape index (κ3) is 7.05. The van der Waals surface area contributed by atoms with Gasteiger partial charge in [0.05, 0.1) is 5.25 Å². The number of fused-ring (bicyclic) bond motifs is 1. The Morgan fingerprint density at radius 1 is 1.20 bits per heavy atom. The lowest BCUT2D eigenvalue weighted by atomic mass is 9.86. The summed E-state index contributed by atoms with van der Waals surface area (Å²) >= 11 is 0. The normalized spacial score (nSPS) is 19.2. The van der Waals surface area contributed by atoms with Crippen LogP contribution in [0.4, 0.5) is 4.39 Å². The molecule has 35 heavy (non-hydrogen) atoms. The smallest absolute Gasteiger partial charge is 0.220 e. The van der Waals surface area contributed by atoms with Gasteiger partial charge in [-0.3, -0.25) is 4.79 Å². The van der Waals surface area contributed by atoms with E-state index < -0.39 is 10.0 Å². The quantitative estimate of drug-likeness (QED) is 0.459. The number of nitrogens with zero attached hydrogens (tertiary/aromatic N) is 1. The molecule has 2 aromatic rings. The number of H-pyrrole nitrogens is 1. The lowest BCUT2D eigenvalue weighted by Crippen LogP contribution is -2.52. The second-order valence-electron chi connectivity index (χ2n) is 11.3. The number of halogens is 1. The third-order valence-corrected chi connectivity index (χ3v) is 9.35. The first-order chi connectivity index (χ1) is 16.5. The van der Waals surface area contributed by atoms with Crippen molar-refractivity contribution in [3.63, 3.8) is 0 Å². The van der Waals surface area contributed by atoms with Gasteiger partial charge < -0.3 is 15.2 Å². The van der Waals surface area contributed by atoms with Crippen LogP contribution in [0.2, 0.25) is 0 Å². The molecular weight excluding hydrogens is 467 g/mol. The Hall–Kier alpha value is -1.97. The second kappa shape index (κ2) is 10.6. The fraction of sp³-hybridized carbons (Fsp3) is 0.654. The Morgan fingerprint density at radius 2 is 1.91 bits per heavy atom. The van der Waals surface area contributed by atoms with E-state index in [0.29, 0.717) is 31.8 Å². The number of carbonyl (C=O) groups excluding carboxylic acids is 1. The maximum Gasteiger partial charge on any atom is 0.220 e. The molecule has 4 rings (SSSR count). The van der Waals surface area contributed by atoms with Crippen LogP contribution in [0.15, 0.2) is 24.4 Å². The van der Waals surface area contributed by atoms with Crippen LogP contribution in [0.1, 0.15) is 58.4 Å². The number of hydrogen-bond donors (Lipinski definition) is 3. The zero-order valence-corrected chi connectivity index (χ0v) is 21.9. The van der Waals surface area contributed by atoms with E-state index in [4.69, 9.17) is 0 Å². The van der Waals surface area contributed by atoms with Crippen LogP contribution in [-0.2, 0) is 21.2 Å². The monoisotopic (exact) mass is 506 g/mol. The van der Waals surface area contributed by atoms with Crippen LogP contribution < -0.4 is 10.0 Å². The van der Waals surface area contributed by atoms with Crippen LogP contribution in [0.3, 0.4) is 0 Å². The highest BCUT2D eigenvalue weighted by Crippen LogP contribution is 2.30. The predicted molar refractivity (Wildman–Crippen MR) is 137 cm³/mol. The average molecular weight is 507 g/mol. The molecule has 0 spiro atoms. The van der Waals surface area contributed by atoms with Gasteiger partial charge in [0.1, 0.15) is 5.82 Å². The molecule has 1 aliphatic heterocycles. The van der Waals surface area contributed by atoms with Gasteiger partial charge in [0.2, 0.25) is 15.9 Å². The van der Waals surface area contributed by atoms with Crippen molar-refractivity contribution >= 4 is 26.8 Å². The Balaban J connectivity index is 1.19. The van der Waals surface area contributed by atoms with E-state index in [0.717, 1.165) is 55.2 Å². The predicted octanol–water partition coefficient (Wildman–Crippen LogP) is 3.56. The van der Waals surface area contributed by atoms with Gasteiger partial charge in [-0.2, -0.15) is 0 Å². The highest BCUT2D eigenvalue weighted by Gasteiger charge is 2.40. The van der Waals surface area contributed by atoms with Gasteiger partial charge in [0, 0.05) is 42.7 Å². The number of nitrogens with one attached hydrogen (secondary N) is 3. The summed E-state index contributed by atoms with van der Waals surface area (Å²) < 4.78 is 41.6. The van der Waals surface area contributed by atoms with Gasteiger partial charge in [-0.25, -0.2) is 17.5 Å². The standard InChI is InChI=1S/C26H39FN4O3S/c1-26(2,3)24(30-35(33,34)21-5-6-21)17-31-12-9-18(10-13-31)14-25(32)28-11-8-19-16-29-23-7-4-20(27)15-22(19)23/h4,7,15-16,18,21,24,29-30H,5-6,8-14,17H2,1-3H3,(H,28,32). The molecule has 2 fully saturated rings.